The van der Waals surface area contributed by atoms with E-state index in [-0.39, 0.29) is 19.4 Å². The first-order valence-electron chi connectivity index (χ1n) is 26.8. The van der Waals surface area contributed by atoms with Crippen molar-refractivity contribution in [3.8, 4) is 0 Å². The third-order valence-electron chi connectivity index (χ3n) is 12.2. The van der Waals surface area contributed by atoms with Crippen LogP contribution in [-0.4, -0.2) is 99.6 Å². The van der Waals surface area contributed by atoms with Crippen molar-refractivity contribution < 1.29 is 49.3 Å². The molecule has 1 amide bonds. The zero-order valence-corrected chi connectivity index (χ0v) is 42.2. The number of unbranched alkanes of at least 4 members (excludes halogenated alkanes) is 22. The van der Waals surface area contributed by atoms with Crippen LogP contribution in [0.2, 0.25) is 0 Å². The quantitative estimate of drug-likeness (QED) is 0.0149. The predicted molar refractivity (Wildman–Crippen MR) is 273 cm³/mol. The van der Waals surface area contributed by atoms with E-state index in [1.54, 1.807) is 6.08 Å². The number of rotatable bonds is 43. The lowest BCUT2D eigenvalue weighted by atomic mass is 9.99. The lowest BCUT2D eigenvalue weighted by Crippen LogP contribution is -2.61. The van der Waals surface area contributed by atoms with E-state index in [0.717, 1.165) is 70.6 Å². The minimum Gasteiger partial charge on any atom is -0.454 e. The van der Waals surface area contributed by atoms with Crippen molar-refractivity contribution in [2.45, 2.75) is 256 Å². The minimum absolute atomic E-state index is 0.0957. The molecular formula is C56H97NO10. The van der Waals surface area contributed by atoms with E-state index in [9.17, 15) is 35.1 Å². The van der Waals surface area contributed by atoms with Crippen LogP contribution in [0.5, 0.6) is 0 Å². The third-order valence-corrected chi connectivity index (χ3v) is 12.2. The number of esters is 1. The number of carbonyl (C=O) groups excluding carboxylic acids is 2. The summed E-state index contributed by atoms with van der Waals surface area (Å²) in [6.07, 6.45) is 43.9. The van der Waals surface area contributed by atoms with Gasteiger partial charge in [-0.25, -0.2) is 0 Å². The van der Waals surface area contributed by atoms with Gasteiger partial charge < -0.3 is 45.1 Å². The number of hydrogen-bond donors (Lipinski definition) is 6. The molecule has 1 heterocycles. The molecule has 1 saturated heterocycles. The smallest absolute Gasteiger partial charge is 0.306 e. The summed E-state index contributed by atoms with van der Waals surface area (Å²) in [5.74, 6) is -1.26. The maximum atomic E-state index is 13.3. The number of ether oxygens (including phenoxy) is 3. The monoisotopic (exact) mass is 944 g/mol. The molecule has 1 aliphatic rings. The first-order chi connectivity index (χ1) is 32.7. The van der Waals surface area contributed by atoms with Crippen LogP contribution in [-0.2, 0) is 23.8 Å². The van der Waals surface area contributed by atoms with Crippen LogP contribution in [0.25, 0.3) is 0 Å². The molecule has 6 N–H and O–H groups in total. The van der Waals surface area contributed by atoms with E-state index in [4.69, 9.17) is 14.2 Å². The van der Waals surface area contributed by atoms with Crippen LogP contribution in [0.1, 0.15) is 207 Å². The van der Waals surface area contributed by atoms with Gasteiger partial charge in [0.25, 0.3) is 0 Å². The summed E-state index contributed by atoms with van der Waals surface area (Å²) in [6.45, 7) is 5.57. The van der Waals surface area contributed by atoms with Crippen LogP contribution in [0.3, 0.4) is 0 Å². The Labute approximate surface area is 407 Å². The molecule has 1 fully saturated rings. The maximum absolute atomic E-state index is 13.3. The number of aliphatic hydroxyl groups excluding tert-OH is 5. The Morgan fingerprint density at radius 3 is 1.66 bits per heavy atom. The Kier molecular flexibility index (Phi) is 41.1. The standard InChI is InChI=1S/C56H97NO10/c1-4-7-10-13-16-19-22-25-26-29-32-35-38-41-44-51(61)67-54-53(63)52(62)50(45-58)66-56(54)65-46-47(48(59)42-39-36-33-30-27-23-20-17-14-11-8-5-2)57-55(64)49(60)43-40-37-34-31-28-24-21-18-15-12-9-6-3/h9,12,15,18,21,24,26,28-29,31,39,42,47-50,52-54,56,58-60,62-63H,4-8,10-11,13-14,16-17,19-20,22-23,25,27,30,32-38,40-41,43-46H2,1-3H3,(H,57,64)/b12-9+,18-15+,24-21-,29-26-,31-28-,42-39+. The average molecular weight is 944 g/mol. The van der Waals surface area contributed by atoms with Gasteiger partial charge in [0.1, 0.15) is 24.4 Å². The van der Waals surface area contributed by atoms with E-state index >= 15 is 0 Å². The maximum Gasteiger partial charge on any atom is 0.306 e. The summed E-state index contributed by atoms with van der Waals surface area (Å²) < 4.78 is 17.5. The van der Waals surface area contributed by atoms with Crippen LogP contribution >= 0.6 is 0 Å². The van der Waals surface area contributed by atoms with Gasteiger partial charge in [-0.3, -0.25) is 9.59 Å². The molecular weight excluding hydrogens is 847 g/mol. The fourth-order valence-electron chi connectivity index (χ4n) is 7.89. The molecule has 67 heavy (non-hydrogen) atoms. The lowest BCUT2D eigenvalue weighted by Gasteiger charge is -2.41. The molecule has 0 aromatic rings. The van der Waals surface area contributed by atoms with E-state index in [1.807, 2.05) is 48.6 Å². The highest BCUT2D eigenvalue weighted by Gasteiger charge is 2.47. The first-order valence-corrected chi connectivity index (χ1v) is 26.8. The van der Waals surface area contributed by atoms with Gasteiger partial charge in [-0.15, -0.1) is 0 Å². The summed E-state index contributed by atoms with van der Waals surface area (Å²) >= 11 is 0. The molecule has 0 aromatic carbocycles. The van der Waals surface area contributed by atoms with E-state index < -0.39 is 67.4 Å². The zero-order valence-electron chi connectivity index (χ0n) is 42.2. The third kappa shape index (κ3) is 33.3. The second kappa shape index (κ2) is 44.3. The Morgan fingerprint density at radius 1 is 0.597 bits per heavy atom. The molecule has 0 aliphatic carbocycles. The highest BCUT2D eigenvalue weighted by atomic mass is 16.7. The fraction of sp³-hybridized carbons (Fsp3) is 0.750. The van der Waals surface area contributed by atoms with Crippen molar-refractivity contribution in [3.63, 3.8) is 0 Å². The molecule has 0 aromatic heterocycles. The van der Waals surface area contributed by atoms with Gasteiger partial charge in [0.2, 0.25) is 5.91 Å². The molecule has 0 saturated carbocycles. The second-order valence-corrected chi connectivity index (χ2v) is 18.3. The van der Waals surface area contributed by atoms with Crippen molar-refractivity contribution in [1.29, 1.82) is 0 Å². The molecule has 386 valence electrons. The predicted octanol–water partition coefficient (Wildman–Crippen LogP) is 11.3. The molecule has 1 rings (SSSR count). The highest BCUT2D eigenvalue weighted by Crippen LogP contribution is 2.26. The van der Waals surface area contributed by atoms with Gasteiger partial charge in [0, 0.05) is 6.42 Å². The zero-order chi connectivity index (χ0) is 49.0. The van der Waals surface area contributed by atoms with Gasteiger partial charge in [-0.2, -0.15) is 0 Å². The summed E-state index contributed by atoms with van der Waals surface area (Å²) in [4.78, 5) is 26.3. The summed E-state index contributed by atoms with van der Waals surface area (Å²) in [5.41, 5.74) is 0. The molecule has 11 heteroatoms. The SMILES string of the molecule is CC/C=C/C=C/C=C\C=C/CCCCC(O)C(=O)NC(COC1OC(CO)C(O)C(O)C1OC(=O)CCCCC/C=C\CCCCCCCCC)C(O)/C=C/CCCCCCCCCCCC. The topological polar surface area (TPSA) is 175 Å². The Morgan fingerprint density at radius 2 is 1.09 bits per heavy atom. The highest BCUT2D eigenvalue weighted by molar-refractivity contribution is 5.80. The number of aliphatic hydroxyl groups is 5. The van der Waals surface area contributed by atoms with Gasteiger partial charge in [-0.1, -0.05) is 203 Å². The lowest BCUT2D eigenvalue weighted by molar-refractivity contribution is -0.305. The van der Waals surface area contributed by atoms with Crippen molar-refractivity contribution in [3.05, 3.63) is 72.9 Å². The average Bonchev–Trinajstić information content (AvgIpc) is 3.32. The molecule has 0 radical (unpaired) electrons. The van der Waals surface area contributed by atoms with E-state index in [0.29, 0.717) is 12.8 Å². The molecule has 1 aliphatic heterocycles. The Balaban J connectivity index is 2.81. The van der Waals surface area contributed by atoms with Gasteiger partial charge >= 0.3 is 5.97 Å². The van der Waals surface area contributed by atoms with Crippen molar-refractivity contribution in [2.24, 2.45) is 0 Å². The molecule has 0 bridgehead atoms. The van der Waals surface area contributed by atoms with Crippen LogP contribution < -0.4 is 5.32 Å². The largest absolute Gasteiger partial charge is 0.454 e. The second-order valence-electron chi connectivity index (χ2n) is 18.3. The minimum atomic E-state index is -1.63. The van der Waals surface area contributed by atoms with Crippen LogP contribution in [0, 0.1) is 0 Å². The molecule has 8 unspecified atom stereocenters. The summed E-state index contributed by atoms with van der Waals surface area (Å²) in [6, 6.07) is -1.05. The molecule has 0 spiro atoms. The van der Waals surface area contributed by atoms with E-state index in [1.165, 1.54) is 89.9 Å². The number of allylic oxidation sites excluding steroid dienone is 11. The number of hydrogen-bond acceptors (Lipinski definition) is 10. The van der Waals surface area contributed by atoms with E-state index in [2.05, 4.69) is 44.3 Å². The number of nitrogens with one attached hydrogen (secondary N) is 1. The van der Waals surface area contributed by atoms with Crippen molar-refractivity contribution >= 4 is 11.9 Å². The molecule has 11 nitrogen and oxygen atoms in total. The van der Waals surface area contributed by atoms with Gasteiger partial charge in [0.15, 0.2) is 12.4 Å². The fourth-order valence-corrected chi connectivity index (χ4v) is 7.89. The molecule has 8 atom stereocenters. The van der Waals surface area contributed by atoms with Crippen molar-refractivity contribution in [2.75, 3.05) is 13.2 Å². The summed E-state index contributed by atoms with van der Waals surface area (Å²) in [5, 5.41) is 56.5. The van der Waals surface area contributed by atoms with Crippen LogP contribution in [0.15, 0.2) is 72.9 Å². The number of amides is 1. The Bertz CT molecular complexity index is 1360. The van der Waals surface area contributed by atoms with Gasteiger partial charge in [-0.05, 0) is 70.6 Å². The van der Waals surface area contributed by atoms with Crippen LogP contribution in [0.4, 0.5) is 0 Å². The van der Waals surface area contributed by atoms with Gasteiger partial charge in [0.05, 0.1) is 25.4 Å². The number of carbonyl (C=O) groups is 2. The Hall–Kier alpha value is -2.90. The van der Waals surface area contributed by atoms with Crippen molar-refractivity contribution in [1.82, 2.24) is 5.32 Å². The first kappa shape index (κ1) is 62.1. The normalized spacial score (nSPS) is 20.6. The summed E-state index contributed by atoms with van der Waals surface area (Å²) in [7, 11) is 0.